The highest BCUT2D eigenvalue weighted by Gasteiger charge is 2.20. The number of ether oxygens (including phenoxy) is 2. The smallest absolute Gasteiger partial charge is 0.340 e. The van der Waals surface area contributed by atoms with Crippen molar-refractivity contribution in [2.75, 3.05) is 38.3 Å². The topological polar surface area (TPSA) is 51.7 Å². The van der Waals surface area contributed by atoms with Crippen LogP contribution in [0.1, 0.15) is 10.4 Å². The van der Waals surface area contributed by atoms with Crippen LogP contribution in [0, 0.1) is 0 Å². The molecule has 6 heteroatoms. The molecule has 5 nitrogen and oxygen atoms in total. The quantitative estimate of drug-likeness (QED) is 0.591. The molecule has 0 radical (unpaired) electrons. The molecule has 2 heterocycles. The van der Waals surface area contributed by atoms with Gasteiger partial charge in [-0.25, -0.2) is 9.78 Å². The summed E-state index contributed by atoms with van der Waals surface area (Å²) in [6.45, 7) is 2.74. The number of carbonyl (C=O) groups is 1. The summed E-state index contributed by atoms with van der Waals surface area (Å²) in [6, 6.07) is 1.53. The van der Waals surface area contributed by atoms with Gasteiger partial charge in [-0.3, -0.25) is 0 Å². The molecular formula is C11H13ClN2O3. The number of hydrogen-bond acceptors (Lipinski definition) is 5. The Hall–Kier alpha value is -1.33. The van der Waals surface area contributed by atoms with Gasteiger partial charge in [0.2, 0.25) is 0 Å². The van der Waals surface area contributed by atoms with Crippen LogP contribution in [0.15, 0.2) is 12.3 Å². The van der Waals surface area contributed by atoms with Gasteiger partial charge in [-0.1, -0.05) is 11.6 Å². The molecule has 1 fully saturated rings. The van der Waals surface area contributed by atoms with Crippen LogP contribution in [0.25, 0.3) is 0 Å². The first kappa shape index (κ1) is 12.1. The summed E-state index contributed by atoms with van der Waals surface area (Å²) in [5.74, 6) is -0.407. The van der Waals surface area contributed by atoms with E-state index in [1.807, 2.05) is 4.90 Å². The molecule has 2 rings (SSSR count). The van der Waals surface area contributed by atoms with Crippen molar-refractivity contribution in [2.24, 2.45) is 0 Å². The normalized spacial score (nSPS) is 15.8. The maximum Gasteiger partial charge on any atom is 0.340 e. The first-order chi connectivity index (χ1) is 8.22. The third kappa shape index (κ3) is 2.68. The molecule has 0 amide bonds. The number of nitrogens with zero attached hydrogens (tertiary/aromatic N) is 2. The van der Waals surface area contributed by atoms with Gasteiger partial charge < -0.3 is 14.4 Å². The van der Waals surface area contributed by atoms with E-state index in [1.165, 1.54) is 13.2 Å². The Bertz CT molecular complexity index is 419. The third-order valence-electron chi connectivity index (χ3n) is 2.61. The van der Waals surface area contributed by atoms with E-state index in [4.69, 9.17) is 21.1 Å². The number of hydrogen-bond donors (Lipinski definition) is 0. The van der Waals surface area contributed by atoms with E-state index < -0.39 is 5.97 Å². The van der Waals surface area contributed by atoms with Gasteiger partial charge in [0.1, 0.15) is 5.15 Å². The highest BCUT2D eigenvalue weighted by atomic mass is 35.5. The summed E-state index contributed by atoms with van der Waals surface area (Å²) < 4.78 is 10.0. The van der Waals surface area contributed by atoms with Crippen LogP contribution in [-0.2, 0) is 9.47 Å². The van der Waals surface area contributed by atoms with Crippen molar-refractivity contribution in [3.63, 3.8) is 0 Å². The summed E-state index contributed by atoms with van der Waals surface area (Å²) in [7, 11) is 1.35. The number of halogens is 1. The largest absolute Gasteiger partial charge is 0.465 e. The number of anilines is 1. The number of pyridine rings is 1. The minimum atomic E-state index is -0.407. The molecule has 0 aliphatic carbocycles. The van der Waals surface area contributed by atoms with Gasteiger partial charge in [0.15, 0.2) is 0 Å². The minimum absolute atomic E-state index is 0.280. The molecule has 17 heavy (non-hydrogen) atoms. The molecule has 1 aromatic rings. The van der Waals surface area contributed by atoms with E-state index in [-0.39, 0.29) is 5.15 Å². The van der Waals surface area contributed by atoms with Crippen molar-refractivity contribution < 1.29 is 14.3 Å². The summed E-state index contributed by atoms with van der Waals surface area (Å²) >= 11 is 5.79. The first-order valence-corrected chi connectivity index (χ1v) is 5.66. The molecule has 92 valence electrons. The Labute approximate surface area is 104 Å². The summed E-state index contributed by atoms with van der Waals surface area (Å²) in [6.07, 6.45) is 1.60. The molecule has 1 saturated heterocycles. The third-order valence-corrected chi connectivity index (χ3v) is 2.81. The van der Waals surface area contributed by atoms with Crippen LogP contribution in [-0.4, -0.2) is 44.4 Å². The lowest BCUT2D eigenvalue weighted by atomic mass is 10.2. The van der Waals surface area contributed by atoms with Crippen LogP contribution >= 0.6 is 11.6 Å². The van der Waals surface area contributed by atoms with Crippen molar-refractivity contribution in [3.8, 4) is 0 Å². The molecule has 0 bridgehead atoms. The van der Waals surface area contributed by atoms with Crippen molar-refractivity contribution >= 4 is 23.3 Å². The average molecular weight is 257 g/mol. The van der Waals surface area contributed by atoms with Gasteiger partial charge in [-0.2, -0.15) is 0 Å². The van der Waals surface area contributed by atoms with Gasteiger partial charge in [0.25, 0.3) is 0 Å². The highest BCUT2D eigenvalue weighted by molar-refractivity contribution is 6.29. The molecule has 0 atom stereocenters. The zero-order chi connectivity index (χ0) is 12.3. The number of rotatable bonds is 2. The Morgan fingerprint density at radius 1 is 1.53 bits per heavy atom. The van der Waals surface area contributed by atoms with E-state index in [1.54, 1.807) is 6.20 Å². The minimum Gasteiger partial charge on any atom is -0.465 e. The average Bonchev–Trinajstić information content (AvgIpc) is 2.38. The van der Waals surface area contributed by atoms with Crippen molar-refractivity contribution in [1.29, 1.82) is 0 Å². The van der Waals surface area contributed by atoms with Crippen LogP contribution < -0.4 is 4.90 Å². The fourth-order valence-corrected chi connectivity index (χ4v) is 1.91. The van der Waals surface area contributed by atoms with E-state index in [0.717, 1.165) is 18.8 Å². The molecule has 0 aromatic carbocycles. The molecular weight excluding hydrogens is 244 g/mol. The molecule has 1 aliphatic heterocycles. The van der Waals surface area contributed by atoms with Crippen LogP contribution in [0.4, 0.5) is 5.69 Å². The van der Waals surface area contributed by atoms with Gasteiger partial charge in [-0.05, 0) is 6.07 Å². The molecule has 0 unspecified atom stereocenters. The van der Waals surface area contributed by atoms with Gasteiger partial charge in [0.05, 0.1) is 37.8 Å². The van der Waals surface area contributed by atoms with E-state index in [2.05, 4.69) is 4.98 Å². The zero-order valence-electron chi connectivity index (χ0n) is 9.48. The second kappa shape index (κ2) is 5.33. The fraction of sp³-hybridized carbons (Fsp3) is 0.455. The van der Waals surface area contributed by atoms with Crippen LogP contribution in [0.2, 0.25) is 5.15 Å². The van der Waals surface area contributed by atoms with E-state index in [0.29, 0.717) is 18.8 Å². The Kier molecular flexibility index (Phi) is 3.81. The lowest BCUT2D eigenvalue weighted by molar-refractivity contribution is 0.0600. The monoisotopic (exact) mass is 256 g/mol. The predicted molar refractivity (Wildman–Crippen MR) is 63.6 cm³/mol. The van der Waals surface area contributed by atoms with Crippen LogP contribution in [0.3, 0.4) is 0 Å². The standard InChI is InChI=1S/C11H13ClN2O3/c1-16-11(15)8-6-10(12)13-7-9(8)14-2-4-17-5-3-14/h6-7H,2-5H2,1H3. The maximum absolute atomic E-state index is 11.7. The molecule has 1 aliphatic rings. The molecule has 0 saturated carbocycles. The first-order valence-electron chi connectivity index (χ1n) is 5.29. The Morgan fingerprint density at radius 3 is 2.88 bits per heavy atom. The summed E-state index contributed by atoms with van der Waals surface area (Å²) in [4.78, 5) is 17.7. The predicted octanol–water partition coefficient (Wildman–Crippen LogP) is 1.36. The van der Waals surface area contributed by atoms with Crippen molar-refractivity contribution in [2.45, 2.75) is 0 Å². The fourth-order valence-electron chi connectivity index (χ4n) is 1.75. The zero-order valence-corrected chi connectivity index (χ0v) is 10.2. The number of aromatic nitrogens is 1. The highest BCUT2D eigenvalue weighted by Crippen LogP contribution is 2.23. The van der Waals surface area contributed by atoms with Gasteiger partial charge in [0, 0.05) is 13.1 Å². The number of methoxy groups -OCH3 is 1. The van der Waals surface area contributed by atoms with E-state index in [9.17, 15) is 4.79 Å². The Morgan fingerprint density at radius 2 is 2.24 bits per heavy atom. The lowest BCUT2D eigenvalue weighted by Gasteiger charge is -2.29. The maximum atomic E-state index is 11.7. The second-order valence-corrected chi connectivity index (χ2v) is 4.00. The van der Waals surface area contributed by atoms with Gasteiger partial charge >= 0.3 is 5.97 Å². The summed E-state index contributed by atoms with van der Waals surface area (Å²) in [5, 5.41) is 0.280. The Balaban J connectivity index is 2.34. The van der Waals surface area contributed by atoms with Gasteiger partial charge in [-0.15, -0.1) is 0 Å². The number of morpholine rings is 1. The summed E-state index contributed by atoms with van der Waals surface area (Å²) in [5.41, 5.74) is 1.18. The second-order valence-electron chi connectivity index (χ2n) is 3.62. The number of carbonyl (C=O) groups excluding carboxylic acids is 1. The van der Waals surface area contributed by atoms with Crippen LogP contribution in [0.5, 0.6) is 0 Å². The SMILES string of the molecule is COC(=O)c1cc(Cl)ncc1N1CCOCC1. The van der Waals surface area contributed by atoms with E-state index >= 15 is 0 Å². The molecule has 0 N–H and O–H groups in total. The lowest BCUT2D eigenvalue weighted by Crippen LogP contribution is -2.37. The van der Waals surface area contributed by atoms with Crippen molar-refractivity contribution in [1.82, 2.24) is 4.98 Å². The molecule has 0 spiro atoms. The molecule has 1 aromatic heterocycles. The van der Waals surface area contributed by atoms with Crippen molar-refractivity contribution in [3.05, 3.63) is 23.0 Å². The number of esters is 1.